The average molecular weight is 315 g/mol. The van der Waals surface area contributed by atoms with Crippen LogP contribution in [0.5, 0.6) is 0 Å². The van der Waals surface area contributed by atoms with Gasteiger partial charge in [-0.25, -0.2) is 4.39 Å². The van der Waals surface area contributed by atoms with Crippen molar-refractivity contribution in [2.45, 2.75) is 18.8 Å². The number of alkyl halides is 4. The van der Waals surface area contributed by atoms with Gasteiger partial charge in [-0.15, -0.1) is 0 Å². The van der Waals surface area contributed by atoms with Gasteiger partial charge < -0.3 is 9.84 Å². The summed E-state index contributed by atoms with van der Waals surface area (Å²) < 4.78 is 54.0. The number of hydrogen-bond acceptors (Lipinski definition) is 4. The minimum atomic E-state index is -4.70. The highest BCUT2D eigenvalue weighted by Crippen LogP contribution is 2.35. The zero-order valence-corrected chi connectivity index (χ0v) is 10.9. The normalized spacial score (nSPS) is 20.7. The van der Waals surface area contributed by atoms with E-state index in [0.717, 1.165) is 0 Å². The van der Waals surface area contributed by atoms with Crippen LogP contribution in [-0.4, -0.2) is 22.2 Å². The highest BCUT2D eigenvalue weighted by Gasteiger charge is 2.43. The van der Waals surface area contributed by atoms with Gasteiger partial charge in [-0.3, -0.25) is 4.79 Å². The molecular formula is C13H9F4N3O2. The van der Waals surface area contributed by atoms with Gasteiger partial charge in [0.2, 0.25) is 11.7 Å². The van der Waals surface area contributed by atoms with Gasteiger partial charge in [0.1, 0.15) is 6.17 Å². The Hall–Kier alpha value is -2.45. The second-order valence-corrected chi connectivity index (χ2v) is 4.85. The molecule has 1 saturated carbocycles. The molecule has 9 heteroatoms. The highest BCUT2D eigenvalue weighted by atomic mass is 19.4. The molecule has 116 valence electrons. The van der Waals surface area contributed by atoms with Crippen molar-refractivity contribution in [2.24, 2.45) is 5.92 Å². The highest BCUT2D eigenvalue weighted by molar-refractivity contribution is 5.94. The molecule has 0 saturated heterocycles. The number of benzene rings is 1. The molecule has 1 amide bonds. The third-order valence-electron chi connectivity index (χ3n) is 3.13. The van der Waals surface area contributed by atoms with Gasteiger partial charge in [0.25, 0.3) is 0 Å². The van der Waals surface area contributed by atoms with Gasteiger partial charge in [0.15, 0.2) is 0 Å². The maximum atomic E-state index is 12.7. The SMILES string of the molecule is O=C(Nc1ccc(-c2noc(C(F)(F)F)n2)cc1)C1CC1F. The summed E-state index contributed by atoms with van der Waals surface area (Å²) in [4.78, 5) is 14.8. The molecule has 0 spiro atoms. The smallest absolute Gasteiger partial charge is 0.329 e. The molecular weight excluding hydrogens is 306 g/mol. The molecule has 3 rings (SSSR count). The van der Waals surface area contributed by atoms with Crippen molar-refractivity contribution in [3.8, 4) is 11.4 Å². The molecule has 1 heterocycles. The fourth-order valence-corrected chi connectivity index (χ4v) is 1.83. The van der Waals surface area contributed by atoms with E-state index in [0.29, 0.717) is 11.3 Å². The lowest BCUT2D eigenvalue weighted by Gasteiger charge is -2.04. The Morgan fingerprint density at radius 3 is 2.41 bits per heavy atom. The van der Waals surface area contributed by atoms with E-state index in [1.807, 2.05) is 0 Å². The summed E-state index contributed by atoms with van der Waals surface area (Å²) in [6.07, 6.45) is -5.58. The van der Waals surface area contributed by atoms with E-state index in [2.05, 4.69) is 20.0 Å². The summed E-state index contributed by atoms with van der Waals surface area (Å²) in [6, 6.07) is 5.79. The van der Waals surface area contributed by atoms with Crippen LogP contribution in [0, 0.1) is 5.92 Å². The van der Waals surface area contributed by atoms with Gasteiger partial charge in [-0.05, 0) is 30.7 Å². The van der Waals surface area contributed by atoms with E-state index in [-0.39, 0.29) is 12.2 Å². The minimum absolute atomic E-state index is 0.212. The van der Waals surface area contributed by atoms with Crippen LogP contribution in [0.1, 0.15) is 12.3 Å². The number of carbonyl (C=O) groups is 1. The zero-order valence-electron chi connectivity index (χ0n) is 10.9. The zero-order chi connectivity index (χ0) is 15.9. The van der Waals surface area contributed by atoms with Gasteiger partial charge in [-0.2, -0.15) is 18.2 Å². The molecule has 1 aromatic carbocycles. The molecule has 2 unspecified atom stereocenters. The molecule has 1 fully saturated rings. The maximum Gasteiger partial charge on any atom is 0.471 e. The van der Waals surface area contributed by atoms with Crippen molar-refractivity contribution < 1.29 is 26.9 Å². The Morgan fingerprint density at radius 2 is 1.91 bits per heavy atom. The third-order valence-corrected chi connectivity index (χ3v) is 3.13. The van der Waals surface area contributed by atoms with E-state index in [4.69, 9.17) is 0 Å². The van der Waals surface area contributed by atoms with Gasteiger partial charge in [0.05, 0.1) is 5.92 Å². The Morgan fingerprint density at radius 1 is 1.27 bits per heavy atom. The lowest BCUT2D eigenvalue weighted by molar-refractivity contribution is -0.159. The van der Waals surface area contributed by atoms with Crippen LogP contribution >= 0.6 is 0 Å². The van der Waals surface area contributed by atoms with Crippen molar-refractivity contribution in [1.82, 2.24) is 10.1 Å². The Balaban J connectivity index is 1.71. The number of carbonyl (C=O) groups excluding carboxylic acids is 1. The number of rotatable bonds is 3. The molecule has 1 N–H and O–H groups in total. The first-order chi connectivity index (χ1) is 10.3. The first kappa shape index (κ1) is 14.5. The fraction of sp³-hybridized carbons (Fsp3) is 0.308. The first-order valence-corrected chi connectivity index (χ1v) is 6.31. The number of amides is 1. The predicted molar refractivity (Wildman–Crippen MR) is 66.4 cm³/mol. The third kappa shape index (κ3) is 2.92. The molecule has 5 nitrogen and oxygen atoms in total. The Labute approximate surface area is 121 Å². The summed E-state index contributed by atoms with van der Waals surface area (Å²) in [5.74, 6) is -2.68. The summed E-state index contributed by atoms with van der Waals surface area (Å²) in [5, 5.41) is 5.77. The molecule has 1 aliphatic carbocycles. The second kappa shape index (κ2) is 5.08. The van der Waals surface area contributed by atoms with Crippen molar-refractivity contribution in [1.29, 1.82) is 0 Å². The van der Waals surface area contributed by atoms with Crippen molar-refractivity contribution >= 4 is 11.6 Å². The molecule has 0 radical (unpaired) electrons. The average Bonchev–Trinajstić information content (AvgIpc) is 2.99. The van der Waals surface area contributed by atoms with Gasteiger partial charge in [0, 0.05) is 11.3 Å². The summed E-state index contributed by atoms with van der Waals surface area (Å²) in [5.41, 5.74) is 0.708. The Kier molecular flexibility index (Phi) is 3.34. The Bertz CT molecular complexity index is 696. The lowest BCUT2D eigenvalue weighted by Crippen LogP contribution is -2.14. The van der Waals surface area contributed by atoms with Gasteiger partial charge in [-0.1, -0.05) is 5.16 Å². The molecule has 1 aliphatic rings. The number of hydrogen-bond donors (Lipinski definition) is 1. The number of anilines is 1. The molecule has 1 aromatic heterocycles. The number of nitrogens with zero attached hydrogens (tertiary/aromatic N) is 2. The first-order valence-electron chi connectivity index (χ1n) is 6.31. The number of halogens is 4. The van der Waals surface area contributed by atoms with Gasteiger partial charge >= 0.3 is 12.1 Å². The van der Waals surface area contributed by atoms with Crippen molar-refractivity contribution in [3.63, 3.8) is 0 Å². The summed E-state index contributed by atoms with van der Waals surface area (Å²) >= 11 is 0. The minimum Gasteiger partial charge on any atom is -0.329 e. The largest absolute Gasteiger partial charge is 0.471 e. The predicted octanol–water partition coefficient (Wildman–Crippen LogP) is 3.05. The topological polar surface area (TPSA) is 68.0 Å². The van der Waals surface area contributed by atoms with Crippen LogP contribution in [0.3, 0.4) is 0 Å². The molecule has 2 atom stereocenters. The quantitative estimate of drug-likeness (QED) is 0.884. The van der Waals surface area contributed by atoms with E-state index in [9.17, 15) is 22.4 Å². The van der Waals surface area contributed by atoms with Crippen LogP contribution in [0.15, 0.2) is 28.8 Å². The van der Waals surface area contributed by atoms with Crippen molar-refractivity contribution in [2.75, 3.05) is 5.32 Å². The van der Waals surface area contributed by atoms with Crippen LogP contribution in [0.4, 0.5) is 23.2 Å². The van der Waals surface area contributed by atoms with E-state index >= 15 is 0 Å². The molecule has 0 bridgehead atoms. The van der Waals surface area contributed by atoms with E-state index in [1.54, 1.807) is 0 Å². The lowest BCUT2D eigenvalue weighted by atomic mass is 10.2. The molecule has 0 aliphatic heterocycles. The van der Waals surface area contributed by atoms with Crippen molar-refractivity contribution in [3.05, 3.63) is 30.2 Å². The van der Waals surface area contributed by atoms with Crippen LogP contribution in [0.25, 0.3) is 11.4 Å². The second-order valence-electron chi connectivity index (χ2n) is 4.85. The van der Waals surface area contributed by atoms with Crippen LogP contribution in [0.2, 0.25) is 0 Å². The van der Waals surface area contributed by atoms with Crippen LogP contribution < -0.4 is 5.32 Å². The fourth-order valence-electron chi connectivity index (χ4n) is 1.83. The molecule has 22 heavy (non-hydrogen) atoms. The number of aromatic nitrogens is 2. The monoisotopic (exact) mass is 315 g/mol. The standard InChI is InChI=1S/C13H9F4N3O2/c14-9-5-8(9)11(21)18-7-3-1-6(2-4-7)10-19-12(22-20-10)13(15,16)17/h1-4,8-9H,5H2,(H,18,21). The van der Waals surface area contributed by atoms with Crippen LogP contribution in [-0.2, 0) is 11.0 Å². The summed E-state index contributed by atoms with van der Waals surface area (Å²) in [7, 11) is 0. The summed E-state index contributed by atoms with van der Waals surface area (Å²) in [6.45, 7) is 0. The maximum absolute atomic E-state index is 12.7. The molecule has 2 aromatic rings. The van der Waals surface area contributed by atoms with E-state index < -0.39 is 30.1 Å². The van der Waals surface area contributed by atoms with E-state index in [1.165, 1.54) is 24.3 Å². The number of nitrogens with one attached hydrogen (secondary N) is 1.